The summed E-state index contributed by atoms with van der Waals surface area (Å²) in [5.41, 5.74) is 7.23. The molecule has 382 valence electrons. The van der Waals surface area contributed by atoms with Crippen LogP contribution in [0.3, 0.4) is 0 Å². The molecule has 6 amide bonds. The Kier molecular flexibility index (Phi) is 25.9. The zero-order valence-corrected chi connectivity index (χ0v) is 39.2. The summed E-state index contributed by atoms with van der Waals surface area (Å²) in [6, 6.07) is 6.86. The molecule has 2 aromatic carbocycles. The summed E-state index contributed by atoms with van der Waals surface area (Å²) in [5, 5.41) is 65.2. The summed E-state index contributed by atoms with van der Waals surface area (Å²) in [5.74, 6) is -12.4. The zero-order valence-electron chi connectivity index (χ0n) is 37.5. The van der Waals surface area contributed by atoms with Crippen LogP contribution in [0.15, 0.2) is 60.7 Å². The Labute approximate surface area is 411 Å². The number of benzene rings is 2. The third kappa shape index (κ3) is 23.1. The molecular formula is C43H57N9O16S2. The van der Waals surface area contributed by atoms with E-state index < -0.39 is 127 Å². The van der Waals surface area contributed by atoms with Crippen molar-refractivity contribution in [3.63, 3.8) is 0 Å². The van der Waals surface area contributed by atoms with E-state index in [0.29, 0.717) is 11.1 Å². The smallest absolute Gasteiger partial charge is 0.327 e. The van der Waals surface area contributed by atoms with Gasteiger partial charge in [0.2, 0.25) is 35.4 Å². The Bertz CT molecular complexity index is 2170. The number of carboxylic acids is 5. The number of thiol groups is 1. The molecule has 2 rings (SSSR count). The van der Waals surface area contributed by atoms with E-state index in [1.807, 2.05) is 0 Å². The normalized spacial score (nSPS) is 13.7. The van der Waals surface area contributed by atoms with Crippen LogP contribution >= 0.6 is 24.8 Å². The van der Waals surface area contributed by atoms with Gasteiger partial charge in [-0.2, -0.15) is 12.6 Å². The van der Waals surface area contributed by atoms with Gasteiger partial charge in [0.15, 0.2) is 5.11 Å². The number of nitrogens with two attached hydrogens (primary N) is 1. The van der Waals surface area contributed by atoms with Gasteiger partial charge in [0.05, 0.1) is 6.42 Å². The predicted octanol–water partition coefficient (Wildman–Crippen LogP) is -2.74. The Morgan fingerprint density at radius 2 is 0.986 bits per heavy atom. The largest absolute Gasteiger partial charge is 0.481 e. The van der Waals surface area contributed by atoms with Crippen LogP contribution in [0.1, 0.15) is 56.1 Å². The van der Waals surface area contributed by atoms with Crippen LogP contribution < -0.4 is 48.3 Å². The molecule has 1 unspecified atom stereocenters. The first-order valence-corrected chi connectivity index (χ1v) is 22.5. The summed E-state index contributed by atoms with van der Waals surface area (Å²) in [6.07, 6.45) is -2.60. The second kappa shape index (κ2) is 30.9. The Balaban J connectivity index is 2.08. The number of nitrogens with one attached hydrogen (secondary N) is 8. The van der Waals surface area contributed by atoms with Gasteiger partial charge in [0.1, 0.15) is 42.3 Å². The summed E-state index contributed by atoms with van der Waals surface area (Å²) >= 11 is 8.83. The van der Waals surface area contributed by atoms with E-state index >= 15 is 0 Å². The van der Waals surface area contributed by atoms with Gasteiger partial charge in [-0.05, 0) is 42.6 Å². The van der Waals surface area contributed by atoms with E-state index in [0.717, 1.165) is 0 Å². The van der Waals surface area contributed by atoms with E-state index in [1.54, 1.807) is 60.7 Å². The quantitative estimate of drug-likeness (QED) is 0.0201. The number of carbonyl (C=O) groups excluding carboxylic acids is 6. The summed E-state index contributed by atoms with van der Waals surface area (Å²) in [6.45, 7) is -0.609. The molecule has 2 aromatic rings. The lowest BCUT2D eigenvalue weighted by Gasteiger charge is -2.24. The summed E-state index contributed by atoms with van der Waals surface area (Å²) in [7, 11) is 0. The van der Waals surface area contributed by atoms with E-state index in [9.17, 15) is 73.2 Å². The molecule has 0 aromatic heterocycles. The zero-order chi connectivity index (χ0) is 52.3. The van der Waals surface area contributed by atoms with Crippen LogP contribution in [-0.2, 0) is 65.6 Å². The fourth-order valence-corrected chi connectivity index (χ4v) is 6.72. The highest BCUT2D eigenvalue weighted by Gasteiger charge is 2.32. The number of rotatable bonds is 32. The molecule has 0 saturated carbocycles. The molecular weight excluding hydrogens is 963 g/mol. The van der Waals surface area contributed by atoms with Gasteiger partial charge in [0, 0.05) is 50.9 Å². The monoisotopic (exact) mass is 1020 g/mol. The van der Waals surface area contributed by atoms with Crippen LogP contribution in [-0.4, -0.2) is 157 Å². The minimum Gasteiger partial charge on any atom is -0.481 e. The van der Waals surface area contributed by atoms with Gasteiger partial charge in [0.25, 0.3) is 0 Å². The van der Waals surface area contributed by atoms with Crippen molar-refractivity contribution in [2.75, 3.05) is 18.8 Å². The van der Waals surface area contributed by atoms with E-state index in [-0.39, 0.29) is 62.4 Å². The third-order valence-electron chi connectivity index (χ3n) is 9.91. The number of thiocarbonyl (C=S) groups is 1. The molecule has 0 aliphatic carbocycles. The molecule has 0 radical (unpaired) electrons. The predicted molar refractivity (Wildman–Crippen MR) is 253 cm³/mol. The second-order valence-electron chi connectivity index (χ2n) is 15.5. The van der Waals surface area contributed by atoms with Crippen LogP contribution in [0.25, 0.3) is 0 Å². The van der Waals surface area contributed by atoms with Gasteiger partial charge in [-0.15, -0.1) is 0 Å². The average molecular weight is 1020 g/mol. The number of carbonyl (C=O) groups is 11. The van der Waals surface area contributed by atoms with E-state index in [1.165, 1.54) is 0 Å². The Hall–Kier alpha value is -7.39. The molecule has 0 saturated heterocycles. The molecule has 0 spiro atoms. The van der Waals surface area contributed by atoms with Gasteiger partial charge < -0.3 is 73.8 Å². The molecule has 0 fully saturated rings. The molecule has 15 N–H and O–H groups in total. The summed E-state index contributed by atoms with van der Waals surface area (Å²) in [4.78, 5) is 136. The average Bonchev–Trinajstić information content (AvgIpc) is 3.30. The maximum atomic E-state index is 14.0. The number of hydrogen-bond donors (Lipinski definition) is 15. The maximum absolute atomic E-state index is 14.0. The first kappa shape index (κ1) is 58.7. The highest BCUT2D eigenvalue weighted by atomic mass is 32.1. The highest BCUT2D eigenvalue weighted by Crippen LogP contribution is 2.09. The SMILES string of the molecule is N[C@@H](CNC(=O)[C@H](Cc1ccccc1)NC(=O)C(Cc1ccccc1)NC(=O)CCCNC(=O)CC[C@H](NC(=S)N[C@@H](CCC(=O)O)C(=O)O)C(=O)O)C(=O)N[C@@H](CC(=O)O)C(=O)N[C@@H](CS)C(=O)O. The van der Waals surface area contributed by atoms with Gasteiger partial charge in [-0.1, -0.05) is 60.7 Å². The van der Waals surface area contributed by atoms with E-state index in [4.69, 9.17) is 23.1 Å². The fraction of sp³-hybridized carbons (Fsp3) is 0.442. The maximum Gasteiger partial charge on any atom is 0.327 e. The molecule has 0 aliphatic rings. The van der Waals surface area contributed by atoms with Crippen LogP contribution in [0, 0.1) is 0 Å². The lowest BCUT2D eigenvalue weighted by Crippen LogP contribution is -2.58. The minimum atomic E-state index is -1.75. The third-order valence-corrected chi connectivity index (χ3v) is 10.5. The molecule has 70 heavy (non-hydrogen) atoms. The molecule has 7 atom stereocenters. The van der Waals surface area contributed by atoms with Crippen molar-refractivity contribution < 1.29 is 78.3 Å². The standard InChI is InChI=1S/C43H57N9O16S2/c44-25(36(59)48-30(20-35(57)58)39(62)50-31(22-69)42(67)68)21-46-37(60)28(18-23-8-3-1-4-9-23)49-38(61)29(19-24-10-5-2-6-11-24)47-33(54)12-7-17-45-32(53)15-13-26(40(63)64)51-43(70)52-27(41(65)66)14-16-34(55)56/h1-6,8-11,25-31,69H,7,12-22,44H2,(H,45,53)(H,46,60)(H,47,54)(H,48,59)(H,49,61)(H,50,62)(H,55,56)(H,57,58)(H,63,64)(H,65,66)(H,67,68)(H2,51,52,70)/t25-,26-,27-,28-,29?,30-,31-/m0/s1. The van der Waals surface area contributed by atoms with Crippen molar-refractivity contribution in [2.24, 2.45) is 5.73 Å². The van der Waals surface area contributed by atoms with Crippen molar-refractivity contribution in [1.82, 2.24) is 42.5 Å². The van der Waals surface area contributed by atoms with Crippen molar-refractivity contribution in [3.05, 3.63) is 71.8 Å². The topological polar surface area (TPSA) is 411 Å². The van der Waals surface area contributed by atoms with Gasteiger partial charge in [-0.25, -0.2) is 14.4 Å². The van der Waals surface area contributed by atoms with Crippen molar-refractivity contribution in [1.29, 1.82) is 0 Å². The number of amides is 6. The minimum absolute atomic E-state index is 0.0246. The van der Waals surface area contributed by atoms with Crippen LogP contribution in [0.4, 0.5) is 0 Å². The van der Waals surface area contributed by atoms with Gasteiger partial charge >= 0.3 is 29.8 Å². The Morgan fingerprint density at radius 3 is 1.47 bits per heavy atom. The van der Waals surface area contributed by atoms with Crippen LogP contribution in [0.2, 0.25) is 0 Å². The van der Waals surface area contributed by atoms with Crippen molar-refractivity contribution >= 4 is 95.2 Å². The highest BCUT2D eigenvalue weighted by molar-refractivity contribution is 7.80. The fourth-order valence-electron chi connectivity index (χ4n) is 6.19. The molecule has 25 nitrogen and oxygen atoms in total. The first-order valence-electron chi connectivity index (χ1n) is 21.5. The number of aliphatic carboxylic acids is 5. The van der Waals surface area contributed by atoms with Crippen molar-refractivity contribution in [3.8, 4) is 0 Å². The lowest BCUT2D eigenvalue weighted by molar-refractivity contribution is -0.143. The van der Waals surface area contributed by atoms with E-state index in [2.05, 4.69) is 55.2 Å². The second-order valence-corrected chi connectivity index (χ2v) is 16.3. The molecule has 27 heteroatoms. The Morgan fingerprint density at radius 1 is 0.514 bits per heavy atom. The first-order chi connectivity index (χ1) is 33.1. The van der Waals surface area contributed by atoms with Gasteiger partial charge in [-0.3, -0.25) is 38.4 Å². The number of carboxylic acid groups (broad SMARTS) is 5. The molecule has 0 aliphatic heterocycles. The van der Waals surface area contributed by atoms with Crippen LogP contribution in [0.5, 0.6) is 0 Å². The van der Waals surface area contributed by atoms with Crippen molar-refractivity contribution in [2.45, 2.75) is 100 Å². The lowest BCUT2D eigenvalue weighted by atomic mass is 10.0. The summed E-state index contributed by atoms with van der Waals surface area (Å²) < 4.78 is 0. The molecule has 0 bridgehead atoms. The number of hydrogen-bond acceptors (Lipinski definition) is 14. The molecule has 0 heterocycles.